The number of hydrogen-bond acceptors (Lipinski definition) is 2. The first kappa shape index (κ1) is 7.01. The van der Waals surface area contributed by atoms with Gasteiger partial charge < -0.3 is 11.6 Å². The normalized spacial score (nSPS) is 14.2. The van der Waals surface area contributed by atoms with Crippen LogP contribution < -0.4 is 11.6 Å². The maximum absolute atomic E-state index is 5.28. The number of rotatable bonds is 1. The third-order valence-electron chi connectivity index (χ3n) is 0.976. The van der Waals surface area contributed by atoms with Crippen LogP contribution in [0.4, 0.5) is 0 Å². The van der Waals surface area contributed by atoms with Crippen LogP contribution in [-0.2, 0) is 0 Å². The number of hydrazone groups is 1. The number of nitrogens with zero attached hydrogens (tertiary/aromatic N) is 1. The van der Waals surface area contributed by atoms with E-state index < -0.39 is 0 Å². The van der Waals surface area contributed by atoms with Gasteiger partial charge in [0.15, 0.2) is 0 Å². The van der Waals surface area contributed by atoms with Crippen LogP contribution in [0.1, 0.15) is 13.8 Å². The summed E-state index contributed by atoms with van der Waals surface area (Å²) in [6.07, 6.45) is 1.85. The van der Waals surface area contributed by atoms with E-state index >= 15 is 0 Å². The van der Waals surface area contributed by atoms with E-state index in [9.17, 15) is 0 Å². The van der Waals surface area contributed by atoms with Crippen molar-refractivity contribution in [3.05, 3.63) is 11.6 Å². The highest BCUT2D eigenvalue weighted by molar-refractivity contribution is 5.95. The summed E-state index contributed by atoms with van der Waals surface area (Å²) < 4.78 is 0. The Hall–Kier alpha value is -0.990. The molecule has 0 heterocycles. The molecule has 0 rings (SSSR count). The molecule has 0 atom stereocenters. The van der Waals surface area contributed by atoms with Crippen molar-refractivity contribution in [1.82, 2.24) is 0 Å². The van der Waals surface area contributed by atoms with Gasteiger partial charge in [0.05, 0.1) is 0 Å². The van der Waals surface area contributed by atoms with E-state index in [1.807, 2.05) is 19.9 Å². The standard InChI is InChI=1S/C5H11N3/c1-3-4(2)5(6)8-7/h3H,7H2,1-2H3,(H2,6,8)/b4-3+. The average Bonchev–Trinajstić information content (AvgIpc) is 1.84. The predicted octanol–water partition coefficient (Wildman–Crippen LogP) is 0.184. The van der Waals surface area contributed by atoms with Crippen molar-refractivity contribution in [2.24, 2.45) is 16.7 Å². The van der Waals surface area contributed by atoms with E-state index in [0.717, 1.165) is 5.57 Å². The summed E-state index contributed by atoms with van der Waals surface area (Å²) in [5.74, 6) is 5.27. The summed E-state index contributed by atoms with van der Waals surface area (Å²) in [6.45, 7) is 3.74. The molecule has 0 radical (unpaired) electrons. The highest BCUT2D eigenvalue weighted by Crippen LogP contribution is 1.88. The predicted molar refractivity (Wildman–Crippen MR) is 35.2 cm³/mol. The molecule has 0 aliphatic heterocycles. The van der Waals surface area contributed by atoms with Gasteiger partial charge in [-0.3, -0.25) is 0 Å². The monoisotopic (exact) mass is 113 g/mol. The van der Waals surface area contributed by atoms with Crippen molar-refractivity contribution in [1.29, 1.82) is 0 Å². The Morgan fingerprint density at radius 3 is 2.25 bits per heavy atom. The third-order valence-corrected chi connectivity index (χ3v) is 0.976. The summed E-state index contributed by atoms with van der Waals surface area (Å²) in [5.41, 5.74) is 6.19. The molecule has 0 aliphatic rings. The van der Waals surface area contributed by atoms with E-state index in [0.29, 0.717) is 5.84 Å². The van der Waals surface area contributed by atoms with E-state index in [1.165, 1.54) is 0 Å². The number of amidine groups is 1. The van der Waals surface area contributed by atoms with E-state index in [2.05, 4.69) is 5.10 Å². The molecule has 0 aromatic rings. The quantitative estimate of drug-likeness (QED) is 0.220. The van der Waals surface area contributed by atoms with Crippen LogP contribution in [0.5, 0.6) is 0 Å². The fraction of sp³-hybridized carbons (Fsp3) is 0.400. The first-order valence-corrected chi connectivity index (χ1v) is 2.39. The van der Waals surface area contributed by atoms with Crippen molar-refractivity contribution in [3.63, 3.8) is 0 Å². The highest BCUT2D eigenvalue weighted by Gasteiger charge is 1.88. The summed E-state index contributed by atoms with van der Waals surface area (Å²) in [4.78, 5) is 0. The number of hydrogen-bond donors (Lipinski definition) is 2. The second kappa shape index (κ2) is 3.07. The van der Waals surface area contributed by atoms with Gasteiger partial charge in [0, 0.05) is 0 Å². The van der Waals surface area contributed by atoms with Crippen molar-refractivity contribution in [2.75, 3.05) is 0 Å². The molecule has 46 valence electrons. The van der Waals surface area contributed by atoms with Crippen LogP contribution in [0.3, 0.4) is 0 Å². The minimum absolute atomic E-state index is 0.396. The van der Waals surface area contributed by atoms with E-state index in [1.54, 1.807) is 0 Å². The van der Waals surface area contributed by atoms with Crippen LogP contribution in [0, 0.1) is 0 Å². The van der Waals surface area contributed by atoms with Gasteiger partial charge in [-0.25, -0.2) is 0 Å². The molecule has 3 nitrogen and oxygen atoms in total. The summed E-state index contributed by atoms with van der Waals surface area (Å²) >= 11 is 0. The summed E-state index contributed by atoms with van der Waals surface area (Å²) in [6, 6.07) is 0. The fourth-order valence-corrected chi connectivity index (χ4v) is 0.250. The Morgan fingerprint density at radius 1 is 1.62 bits per heavy atom. The minimum Gasteiger partial charge on any atom is -0.382 e. The molecule has 0 aliphatic carbocycles. The van der Waals surface area contributed by atoms with Gasteiger partial charge >= 0.3 is 0 Å². The van der Waals surface area contributed by atoms with Crippen molar-refractivity contribution < 1.29 is 0 Å². The fourth-order valence-electron chi connectivity index (χ4n) is 0.250. The van der Waals surface area contributed by atoms with Crippen LogP contribution in [0.2, 0.25) is 0 Å². The van der Waals surface area contributed by atoms with Crippen LogP contribution in [-0.4, -0.2) is 5.84 Å². The Morgan fingerprint density at radius 2 is 2.12 bits per heavy atom. The van der Waals surface area contributed by atoms with E-state index in [4.69, 9.17) is 11.6 Å². The Kier molecular flexibility index (Phi) is 2.69. The summed E-state index contributed by atoms with van der Waals surface area (Å²) in [5, 5.41) is 3.29. The minimum atomic E-state index is 0.396. The SMILES string of the molecule is C/C=C(\C)C(N)=NN. The van der Waals surface area contributed by atoms with E-state index in [-0.39, 0.29) is 0 Å². The largest absolute Gasteiger partial charge is 0.382 e. The van der Waals surface area contributed by atoms with Gasteiger partial charge in [-0.1, -0.05) is 6.08 Å². The van der Waals surface area contributed by atoms with Gasteiger partial charge in [0.1, 0.15) is 5.84 Å². The molecule has 0 unspecified atom stereocenters. The number of allylic oxidation sites excluding steroid dienone is 1. The maximum atomic E-state index is 5.28. The van der Waals surface area contributed by atoms with Gasteiger partial charge in [-0.15, -0.1) is 0 Å². The molecule has 0 saturated heterocycles. The Balaban J connectivity index is 4.04. The maximum Gasteiger partial charge on any atom is 0.145 e. The molecule has 0 bridgehead atoms. The zero-order chi connectivity index (χ0) is 6.57. The molecule has 0 aromatic heterocycles. The van der Waals surface area contributed by atoms with Crippen LogP contribution in [0.15, 0.2) is 16.8 Å². The van der Waals surface area contributed by atoms with Gasteiger partial charge in [0.25, 0.3) is 0 Å². The highest BCUT2D eigenvalue weighted by atomic mass is 15.2. The zero-order valence-electron chi connectivity index (χ0n) is 5.18. The molecule has 4 N–H and O–H groups in total. The van der Waals surface area contributed by atoms with Crippen molar-refractivity contribution in [3.8, 4) is 0 Å². The zero-order valence-corrected chi connectivity index (χ0v) is 5.18. The topological polar surface area (TPSA) is 64.4 Å². The molecule has 0 saturated carbocycles. The van der Waals surface area contributed by atoms with Crippen LogP contribution in [0.25, 0.3) is 0 Å². The third kappa shape index (κ3) is 1.64. The van der Waals surface area contributed by atoms with Gasteiger partial charge in [-0.2, -0.15) is 5.10 Å². The lowest BCUT2D eigenvalue weighted by Gasteiger charge is -1.93. The van der Waals surface area contributed by atoms with Crippen molar-refractivity contribution >= 4 is 5.84 Å². The molecule has 0 fully saturated rings. The Bertz CT molecular complexity index is 108. The second-order valence-corrected chi connectivity index (χ2v) is 1.49. The lowest BCUT2D eigenvalue weighted by molar-refractivity contribution is 1.22. The molecular weight excluding hydrogens is 102 g/mol. The first-order valence-electron chi connectivity index (χ1n) is 2.39. The molecule has 0 spiro atoms. The van der Waals surface area contributed by atoms with Gasteiger partial charge in [-0.05, 0) is 19.4 Å². The molecular formula is C5H11N3. The second-order valence-electron chi connectivity index (χ2n) is 1.49. The number of nitrogens with two attached hydrogens (primary N) is 2. The smallest absolute Gasteiger partial charge is 0.145 e. The lowest BCUT2D eigenvalue weighted by atomic mass is 10.3. The van der Waals surface area contributed by atoms with Crippen molar-refractivity contribution in [2.45, 2.75) is 13.8 Å². The first-order chi connectivity index (χ1) is 3.72. The van der Waals surface area contributed by atoms with Crippen LogP contribution >= 0.6 is 0 Å². The molecule has 3 heteroatoms. The summed E-state index contributed by atoms with van der Waals surface area (Å²) in [7, 11) is 0. The Labute approximate surface area is 49.1 Å². The molecule has 8 heavy (non-hydrogen) atoms. The average molecular weight is 113 g/mol. The molecule has 0 aromatic carbocycles. The lowest BCUT2D eigenvalue weighted by Crippen LogP contribution is -2.14. The molecule has 0 amide bonds. The van der Waals surface area contributed by atoms with Gasteiger partial charge in [0.2, 0.25) is 0 Å².